The van der Waals surface area contributed by atoms with Gasteiger partial charge in [0.1, 0.15) is 5.75 Å². The van der Waals surface area contributed by atoms with Crippen molar-refractivity contribution in [1.29, 1.82) is 0 Å². The smallest absolute Gasteiger partial charge is 0.123 e. The number of fused-ring (bicyclic) bond motifs is 1. The van der Waals surface area contributed by atoms with E-state index in [1.54, 1.807) is 7.11 Å². The minimum Gasteiger partial charge on any atom is -0.496 e. The van der Waals surface area contributed by atoms with Crippen molar-refractivity contribution < 1.29 is 4.74 Å². The van der Waals surface area contributed by atoms with E-state index in [4.69, 9.17) is 4.74 Å². The van der Waals surface area contributed by atoms with Crippen LogP contribution in [0.1, 0.15) is 34.6 Å². The van der Waals surface area contributed by atoms with Crippen molar-refractivity contribution >= 4 is 0 Å². The lowest BCUT2D eigenvalue weighted by Crippen LogP contribution is -2.39. The number of ether oxygens (including phenoxy) is 1. The van der Waals surface area contributed by atoms with Crippen LogP contribution in [0.15, 0.2) is 78.9 Å². The van der Waals surface area contributed by atoms with Crippen molar-refractivity contribution in [3.63, 3.8) is 0 Å². The zero-order valence-electron chi connectivity index (χ0n) is 15.9. The van der Waals surface area contributed by atoms with Gasteiger partial charge in [-0.2, -0.15) is 0 Å². The van der Waals surface area contributed by atoms with Crippen molar-refractivity contribution in [1.82, 2.24) is 5.32 Å². The van der Waals surface area contributed by atoms with E-state index in [0.717, 1.165) is 25.1 Å². The first kappa shape index (κ1) is 17.8. The summed E-state index contributed by atoms with van der Waals surface area (Å²) in [7, 11) is 1.74. The molecule has 1 N–H and O–H groups in total. The van der Waals surface area contributed by atoms with Crippen LogP contribution in [0.3, 0.4) is 0 Å². The SMILES string of the molecule is COc1ccccc1CN[C@H]1CCc2ccccc2[C@H]1Cc1ccccc1. The maximum Gasteiger partial charge on any atom is 0.123 e. The predicted molar refractivity (Wildman–Crippen MR) is 111 cm³/mol. The minimum atomic E-state index is 0.463. The van der Waals surface area contributed by atoms with Crippen LogP contribution < -0.4 is 10.1 Å². The van der Waals surface area contributed by atoms with Gasteiger partial charge in [0.15, 0.2) is 0 Å². The number of nitrogens with one attached hydrogen (secondary N) is 1. The molecule has 0 unspecified atom stereocenters. The van der Waals surface area contributed by atoms with E-state index < -0.39 is 0 Å². The van der Waals surface area contributed by atoms with Gasteiger partial charge < -0.3 is 10.1 Å². The maximum atomic E-state index is 5.52. The number of para-hydroxylation sites is 1. The fourth-order valence-electron chi connectivity index (χ4n) is 4.31. The molecule has 0 saturated carbocycles. The van der Waals surface area contributed by atoms with Gasteiger partial charge in [0, 0.05) is 24.1 Å². The first-order valence-corrected chi connectivity index (χ1v) is 9.82. The molecule has 3 aromatic carbocycles. The number of methoxy groups -OCH3 is 1. The molecule has 0 saturated heterocycles. The average molecular weight is 357 g/mol. The summed E-state index contributed by atoms with van der Waals surface area (Å²) in [5.74, 6) is 1.45. The van der Waals surface area contributed by atoms with Crippen LogP contribution in [-0.2, 0) is 19.4 Å². The van der Waals surface area contributed by atoms with E-state index in [-0.39, 0.29) is 0 Å². The Bertz CT molecular complexity index is 874. The van der Waals surface area contributed by atoms with E-state index >= 15 is 0 Å². The number of benzene rings is 3. The fourth-order valence-corrected chi connectivity index (χ4v) is 4.31. The van der Waals surface area contributed by atoms with Crippen LogP contribution in [0, 0.1) is 0 Å². The van der Waals surface area contributed by atoms with Crippen molar-refractivity contribution in [2.24, 2.45) is 0 Å². The highest BCUT2D eigenvalue weighted by Crippen LogP contribution is 2.35. The Morgan fingerprint density at radius 3 is 2.48 bits per heavy atom. The Labute approximate surface area is 162 Å². The van der Waals surface area contributed by atoms with Gasteiger partial charge in [-0.25, -0.2) is 0 Å². The monoisotopic (exact) mass is 357 g/mol. The molecule has 0 bridgehead atoms. The van der Waals surface area contributed by atoms with Crippen LogP contribution in [0.2, 0.25) is 0 Å². The second-order valence-corrected chi connectivity index (χ2v) is 7.33. The van der Waals surface area contributed by atoms with Gasteiger partial charge in [0.05, 0.1) is 7.11 Å². The van der Waals surface area contributed by atoms with Crippen LogP contribution in [0.25, 0.3) is 0 Å². The number of hydrogen-bond acceptors (Lipinski definition) is 2. The minimum absolute atomic E-state index is 0.463. The molecule has 2 atom stereocenters. The molecule has 138 valence electrons. The molecule has 2 nitrogen and oxygen atoms in total. The Morgan fingerprint density at radius 1 is 0.889 bits per heavy atom. The topological polar surface area (TPSA) is 21.3 Å². The molecule has 0 fully saturated rings. The van der Waals surface area contributed by atoms with E-state index in [0.29, 0.717) is 12.0 Å². The third-order valence-electron chi connectivity index (χ3n) is 5.71. The number of hydrogen-bond donors (Lipinski definition) is 1. The van der Waals surface area contributed by atoms with Gasteiger partial charge in [-0.05, 0) is 42.0 Å². The molecule has 27 heavy (non-hydrogen) atoms. The molecular formula is C25H27NO. The molecule has 0 radical (unpaired) electrons. The second-order valence-electron chi connectivity index (χ2n) is 7.33. The van der Waals surface area contributed by atoms with Crippen LogP contribution in [0.5, 0.6) is 5.75 Å². The van der Waals surface area contributed by atoms with Gasteiger partial charge in [-0.15, -0.1) is 0 Å². The Balaban J connectivity index is 1.56. The maximum absolute atomic E-state index is 5.52. The first-order valence-electron chi connectivity index (χ1n) is 9.82. The van der Waals surface area contributed by atoms with Crippen LogP contribution >= 0.6 is 0 Å². The van der Waals surface area contributed by atoms with Crippen molar-refractivity contribution in [2.45, 2.75) is 37.8 Å². The predicted octanol–water partition coefficient (Wildman–Crippen LogP) is 5.13. The number of rotatable bonds is 6. The Morgan fingerprint density at radius 2 is 1.63 bits per heavy atom. The van der Waals surface area contributed by atoms with Crippen molar-refractivity contribution in [2.75, 3.05) is 7.11 Å². The van der Waals surface area contributed by atoms with Gasteiger partial charge in [-0.3, -0.25) is 0 Å². The van der Waals surface area contributed by atoms with E-state index in [1.807, 2.05) is 12.1 Å². The summed E-state index contributed by atoms with van der Waals surface area (Å²) >= 11 is 0. The number of aryl methyl sites for hydroxylation is 1. The van der Waals surface area contributed by atoms with E-state index in [1.165, 1.54) is 28.7 Å². The summed E-state index contributed by atoms with van der Waals surface area (Å²) in [6.45, 7) is 0.835. The molecular weight excluding hydrogens is 330 g/mol. The molecule has 1 aliphatic carbocycles. The quantitative estimate of drug-likeness (QED) is 0.661. The lowest BCUT2D eigenvalue weighted by atomic mass is 9.76. The summed E-state index contributed by atoms with van der Waals surface area (Å²) in [5.41, 5.74) is 5.64. The van der Waals surface area contributed by atoms with Crippen molar-refractivity contribution in [3.8, 4) is 5.75 Å². The molecule has 0 aromatic heterocycles. The zero-order valence-corrected chi connectivity index (χ0v) is 15.9. The summed E-state index contributed by atoms with van der Waals surface area (Å²) in [6.07, 6.45) is 3.39. The third kappa shape index (κ3) is 4.06. The fraction of sp³-hybridized carbons (Fsp3) is 0.280. The normalized spacial score (nSPS) is 18.7. The van der Waals surface area contributed by atoms with Gasteiger partial charge >= 0.3 is 0 Å². The van der Waals surface area contributed by atoms with E-state index in [9.17, 15) is 0 Å². The van der Waals surface area contributed by atoms with Gasteiger partial charge in [-0.1, -0.05) is 72.8 Å². The summed E-state index contributed by atoms with van der Waals surface area (Å²) in [4.78, 5) is 0. The highest BCUT2D eigenvalue weighted by molar-refractivity contribution is 5.37. The lowest BCUT2D eigenvalue weighted by Gasteiger charge is -2.35. The molecule has 0 spiro atoms. The Kier molecular flexibility index (Phi) is 5.55. The second kappa shape index (κ2) is 8.41. The van der Waals surface area contributed by atoms with E-state index in [2.05, 4.69) is 72.0 Å². The van der Waals surface area contributed by atoms with Gasteiger partial charge in [0.25, 0.3) is 0 Å². The third-order valence-corrected chi connectivity index (χ3v) is 5.71. The largest absolute Gasteiger partial charge is 0.496 e. The zero-order chi connectivity index (χ0) is 18.5. The summed E-state index contributed by atoms with van der Waals surface area (Å²) in [6, 6.07) is 28.6. The molecule has 3 aromatic rings. The van der Waals surface area contributed by atoms with Crippen LogP contribution in [0.4, 0.5) is 0 Å². The highest BCUT2D eigenvalue weighted by atomic mass is 16.5. The molecule has 0 heterocycles. The molecule has 0 aliphatic heterocycles. The lowest BCUT2D eigenvalue weighted by molar-refractivity contribution is 0.373. The highest BCUT2D eigenvalue weighted by Gasteiger charge is 2.29. The summed E-state index contributed by atoms with van der Waals surface area (Å²) < 4.78 is 5.52. The molecule has 1 aliphatic rings. The van der Waals surface area contributed by atoms with Crippen LogP contribution in [-0.4, -0.2) is 13.2 Å². The molecule has 0 amide bonds. The molecule has 4 rings (SSSR count). The van der Waals surface area contributed by atoms with Crippen molar-refractivity contribution in [3.05, 3.63) is 101 Å². The first-order chi connectivity index (χ1) is 13.3. The summed E-state index contributed by atoms with van der Waals surface area (Å²) in [5, 5.41) is 3.84. The van der Waals surface area contributed by atoms with Gasteiger partial charge in [0.2, 0.25) is 0 Å². The average Bonchev–Trinajstić information content (AvgIpc) is 2.74. The molecule has 2 heteroatoms. The Hall–Kier alpha value is -2.58. The standard InChI is InChI=1S/C25H27NO/c1-27-25-14-8-6-12-21(25)18-26-24-16-15-20-11-5-7-13-22(20)23(24)17-19-9-3-2-4-10-19/h2-14,23-24,26H,15-18H2,1H3/t23-,24+/m1/s1.